The van der Waals surface area contributed by atoms with Crippen molar-refractivity contribution in [1.29, 1.82) is 0 Å². The Labute approximate surface area is 106 Å². The van der Waals surface area contributed by atoms with Gasteiger partial charge in [-0.3, -0.25) is 9.59 Å². The molecule has 0 spiro atoms. The van der Waals surface area contributed by atoms with Crippen molar-refractivity contribution < 1.29 is 9.59 Å². The van der Waals surface area contributed by atoms with Gasteiger partial charge in [-0.15, -0.1) is 0 Å². The largest absolute Gasteiger partial charge is 0.368 e. The molecule has 0 aliphatic heterocycles. The lowest BCUT2D eigenvalue weighted by Gasteiger charge is -2.15. The first-order valence-corrected chi connectivity index (χ1v) is 6.06. The average molecular weight is 266 g/mol. The summed E-state index contributed by atoms with van der Waals surface area (Å²) in [6.45, 7) is 0.984. The number of amides is 2. The van der Waals surface area contributed by atoms with Crippen molar-refractivity contribution >= 4 is 37.1 Å². The van der Waals surface area contributed by atoms with E-state index >= 15 is 0 Å². The highest BCUT2D eigenvalue weighted by atomic mass is 32.1. The van der Waals surface area contributed by atoms with Gasteiger partial charge in [-0.2, -0.15) is 25.3 Å². The number of carbonyl (C=O) groups excluding carboxylic acids is 2. The lowest BCUT2D eigenvalue weighted by atomic mass is 10.3. The van der Waals surface area contributed by atoms with Crippen molar-refractivity contribution in [2.75, 3.05) is 24.6 Å². The number of nitrogens with two attached hydrogens (primary N) is 2. The Bertz CT molecular complexity index is 216. The normalized spacial score (nSPS) is 14.4. The van der Waals surface area contributed by atoms with Gasteiger partial charge >= 0.3 is 0 Å². The summed E-state index contributed by atoms with van der Waals surface area (Å²) in [5.74, 6) is -0.228. The van der Waals surface area contributed by atoms with E-state index in [4.69, 9.17) is 11.5 Å². The van der Waals surface area contributed by atoms with Crippen molar-refractivity contribution in [3.05, 3.63) is 0 Å². The molecule has 16 heavy (non-hydrogen) atoms. The minimum absolute atomic E-state index is 0.334. The standard InChI is InChI=1S/C8H18N4O2S2/c9-7(13)5(3-15)11-1-2-12-6(4-16)8(10)14/h5-6,11-12,15-16H,1-4H2,(H2,9,13)(H2,10,14)/t5-,6-/m0/s1. The predicted octanol–water partition coefficient (Wildman–Crippen LogP) is -2.27. The van der Waals surface area contributed by atoms with Crippen LogP contribution < -0.4 is 22.1 Å². The molecule has 2 atom stereocenters. The van der Waals surface area contributed by atoms with Gasteiger partial charge in [0.05, 0.1) is 12.1 Å². The van der Waals surface area contributed by atoms with Gasteiger partial charge in [-0.1, -0.05) is 0 Å². The van der Waals surface area contributed by atoms with Crippen LogP contribution in [0.4, 0.5) is 0 Å². The SMILES string of the molecule is NC(=O)[C@H](CS)NCCN[C@@H](CS)C(N)=O. The lowest BCUT2D eigenvalue weighted by molar-refractivity contribution is -0.120. The quantitative estimate of drug-likeness (QED) is 0.209. The molecule has 0 aromatic rings. The fraction of sp³-hybridized carbons (Fsp3) is 0.750. The van der Waals surface area contributed by atoms with Crippen molar-refractivity contribution in [3.63, 3.8) is 0 Å². The summed E-state index contributed by atoms with van der Waals surface area (Å²) in [4.78, 5) is 21.7. The van der Waals surface area contributed by atoms with Crippen LogP contribution in [0.5, 0.6) is 0 Å². The smallest absolute Gasteiger partial charge is 0.235 e. The van der Waals surface area contributed by atoms with Crippen LogP contribution in [-0.4, -0.2) is 48.5 Å². The van der Waals surface area contributed by atoms with Crippen LogP contribution in [0.3, 0.4) is 0 Å². The summed E-state index contributed by atoms with van der Waals surface area (Å²) in [5, 5.41) is 5.79. The van der Waals surface area contributed by atoms with E-state index in [0.29, 0.717) is 24.6 Å². The van der Waals surface area contributed by atoms with Crippen molar-refractivity contribution in [1.82, 2.24) is 10.6 Å². The summed E-state index contributed by atoms with van der Waals surface area (Å²) in [6, 6.07) is -0.929. The zero-order valence-corrected chi connectivity index (χ0v) is 10.6. The first-order valence-electron chi connectivity index (χ1n) is 4.80. The van der Waals surface area contributed by atoms with Gasteiger partial charge in [-0.25, -0.2) is 0 Å². The molecule has 0 fully saturated rings. The average Bonchev–Trinajstić information content (AvgIpc) is 2.22. The van der Waals surface area contributed by atoms with E-state index in [0.717, 1.165) is 0 Å². The van der Waals surface area contributed by atoms with Crippen molar-refractivity contribution in [2.24, 2.45) is 11.5 Å². The van der Waals surface area contributed by atoms with Crippen LogP contribution in [0.25, 0.3) is 0 Å². The first-order chi connectivity index (χ1) is 7.52. The van der Waals surface area contributed by atoms with Crippen LogP contribution in [0.2, 0.25) is 0 Å². The number of thiol groups is 2. The molecule has 0 unspecified atom stereocenters. The summed E-state index contributed by atoms with van der Waals surface area (Å²) >= 11 is 7.96. The molecule has 2 amide bonds. The molecule has 0 aliphatic rings. The van der Waals surface area contributed by atoms with Gasteiger partial charge in [0.2, 0.25) is 11.8 Å². The molecule has 0 aliphatic carbocycles. The van der Waals surface area contributed by atoms with Gasteiger partial charge in [0.15, 0.2) is 0 Å². The molecule has 0 saturated carbocycles. The van der Waals surface area contributed by atoms with Gasteiger partial charge in [0.1, 0.15) is 0 Å². The van der Waals surface area contributed by atoms with E-state index in [2.05, 4.69) is 35.9 Å². The monoisotopic (exact) mass is 266 g/mol. The van der Waals surface area contributed by atoms with Gasteiger partial charge in [0, 0.05) is 24.6 Å². The van der Waals surface area contributed by atoms with Crippen molar-refractivity contribution in [2.45, 2.75) is 12.1 Å². The fourth-order valence-electron chi connectivity index (χ4n) is 1.00. The molecular weight excluding hydrogens is 248 g/mol. The highest BCUT2D eigenvalue weighted by molar-refractivity contribution is 7.80. The zero-order chi connectivity index (χ0) is 12.6. The van der Waals surface area contributed by atoms with Gasteiger partial charge in [0.25, 0.3) is 0 Å². The summed E-state index contributed by atoms with van der Waals surface area (Å²) in [5.41, 5.74) is 10.2. The first kappa shape index (κ1) is 15.6. The van der Waals surface area contributed by atoms with Crippen LogP contribution in [-0.2, 0) is 9.59 Å². The molecule has 0 aromatic carbocycles. The molecule has 94 valence electrons. The molecule has 0 aromatic heterocycles. The third kappa shape index (κ3) is 6.21. The minimum atomic E-state index is -0.465. The Morgan fingerprint density at radius 3 is 1.44 bits per heavy atom. The second-order valence-corrected chi connectivity index (χ2v) is 3.91. The van der Waals surface area contributed by atoms with E-state index in [-0.39, 0.29) is 0 Å². The highest BCUT2D eigenvalue weighted by Crippen LogP contribution is 1.87. The molecule has 6 nitrogen and oxygen atoms in total. The zero-order valence-electron chi connectivity index (χ0n) is 8.85. The maximum atomic E-state index is 10.8. The minimum Gasteiger partial charge on any atom is -0.368 e. The van der Waals surface area contributed by atoms with Crippen molar-refractivity contribution in [3.8, 4) is 0 Å². The Balaban J connectivity index is 3.73. The van der Waals surface area contributed by atoms with E-state index in [1.807, 2.05) is 0 Å². The number of rotatable bonds is 9. The maximum absolute atomic E-state index is 10.8. The number of nitrogens with one attached hydrogen (secondary N) is 2. The summed E-state index contributed by atoms with van der Waals surface area (Å²) < 4.78 is 0. The van der Waals surface area contributed by atoms with Gasteiger partial charge in [-0.05, 0) is 0 Å². The lowest BCUT2D eigenvalue weighted by Crippen LogP contribution is -2.48. The van der Waals surface area contributed by atoms with Crippen LogP contribution in [0.15, 0.2) is 0 Å². The molecule has 0 saturated heterocycles. The molecule has 8 heteroatoms. The Kier molecular flexibility index (Phi) is 8.44. The number of carbonyl (C=O) groups is 2. The van der Waals surface area contributed by atoms with E-state index in [1.165, 1.54) is 0 Å². The second-order valence-electron chi connectivity index (χ2n) is 3.18. The molecule has 6 N–H and O–H groups in total. The Hall–Kier alpha value is -0.440. The molecule has 0 radical (unpaired) electrons. The van der Waals surface area contributed by atoms with E-state index in [1.54, 1.807) is 0 Å². The van der Waals surface area contributed by atoms with Crippen LogP contribution in [0.1, 0.15) is 0 Å². The second kappa shape index (κ2) is 8.68. The Morgan fingerprint density at radius 2 is 1.25 bits per heavy atom. The summed E-state index contributed by atoms with van der Waals surface area (Å²) in [7, 11) is 0. The predicted molar refractivity (Wildman–Crippen MR) is 69.7 cm³/mol. The molecule has 0 rings (SSSR count). The van der Waals surface area contributed by atoms with E-state index in [9.17, 15) is 9.59 Å². The molecular formula is C8H18N4O2S2. The highest BCUT2D eigenvalue weighted by Gasteiger charge is 2.14. The molecule has 0 heterocycles. The fourth-order valence-corrected chi connectivity index (χ4v) is 1.62. The molecule has 0 bridgehead atoms. The third-order valence-electron chi connectivity index (χ3n) is 1.96. The number of hydrogen-bond donors (Lipinski definition) is 6. The van der Waals surface area contributed by atoms with Crippen LogP contribution >= 0.6 is 25.3 Å². The Morgan fingerprint density at radius 1 is 0.938 bits per heavy atom. The third-order valence-corrected chi connectivity index (χ3v) is 2.69. The number of primary amides is 2. The topological polar surface area (TPSA) is 110 Å². The number of hydrogen-bond acceptors (Lipinski definition) is 6. The van der Waals surface area contributed by atoms with E-state index < -0.39 is 23.9 Å². The van der Waals surface area contributed by atoms with Crippen LogP contribution in [0, 0.1) is 0 Å². The maximum Gasteiger partial charge on any atom is 0.235 e. The summed E-state index contributed by atoms with van der Waals surface area (Å²) in [6.07, 6.45) is 0. The van der Waals surface area contributed by atoms with Gasteiger partial charge < -0.3 is 22.1 Å².